The van der Waals surface area contributed by atoms with Crippen molar-refractivity contribution in [3.63, 3.8) is 0 Å². The van der Waals surface area contributed by atoms with Crippen molar-refractivity contribution in [1.29, 1.82) is 0 Å². The Bertz CT molecular complexity index is 1030. The highest BCUT2D eigenvalue weighted by atomic mass is 16.6. The van der Waals surface area contributed by atoms with E-state index in [9.17, 15) is 19.7 Å². The van der Waals surface area contributed by atoms with E-state index in [1.807, 2.05) is 0 Å². The normalized spacial score (nSPS) is 10.5. The lowest BCUT2D eigenvalue weighted by atomic mass is 10.1. The highest BCUT2D eigenvalue weighted by Crippen LogP contribution is 2.19. The van der Waals surface area contributed by atoms with Gasteiger partial charge in [0.05, 0.1) is 4.92 Å². The van der Waals surface area contributed by atoms with Crippen LogP contribution in [-0.4, -0.2) is 15.8 Å². The first-order valence-corrected chi connectivity index (χ1v) is 6.91. The van der Waals surface area contributed by atoms with E-state index in [0.717, 1.165) is 6.20 Å². The van der Waals surface area contributed by atoms with Crippen LogP contribution in [0, 0.1) is 17.0 Å². The van der Waals surface area contributed by atoms with Crippen molar-refractivity contribution in [3.05, 3.63) is 74.3 Å². The SMILES string of the molecule is Cc1cc([N+](=O)[O-])cnc1NC(=O)c1cc2ccccc2oc1=O. The monoisotopic (exact) mass is 325 g/mol. The number of benzene rings is 1. The van der Waals surface area contributed by atoms with Crippen LogP contribution < -0.4 is 10.9 Å². The average molecular weight is 325 g/mol. The van der Waals surface area contributed by atoms with Crippen LogP contribution in [0.25, 0.3) is 11.0 Å². The summed E-state index contributed by atoms with van der Waals surface area (Å²) in [6, 6.07) is 9.52. The summed E-state index contributed by atoms with van der Waals surface area (Å²) in [6.07, 6.45) is 1.03. The van der Waals surface area contributed by atoms with E-state index in [1.54, 1.807) is 31.2 Å². The van der Waals surface area contributed by atoms with Gasteiger partial charge in [0.25, 0.3) is 11.6 Å². The van der Waals surface area contributed by atoms with Crippen LogP contribution in [0.1, 0.15) is 15.9 Å². The number of nitrogens with zero attached hydrogens (tertiary/aromatic N) is 2. The van der Waals surface area contributed by atoms with Gasteiger partial charge in [0.15, 0.2) is 0 Å². The Labute approximate surface area is 134 Å². The molecule has 8 nitrogen and oxygen atoms in total. The predicted molar refractivity (Wildman–Crippen MR) is 86.1 cm³/mol. The molecule has 0 saturated carbocycles. The van der Waals surface area contributed by atoms with Gasteiger partial charge in [0.1, 0.15) is 23.2 Å². The first-order valence-electron chi connectivity index (χ1n) is 6.91. The van der Waals surface area contributed by atoms with Gasteiger partial charge >= 0.3 is 5.63 Å². The first kappa shape index (κ1) is 15.3. The van der Waals surface area contributed by atoms with E-state index in [-0.39, 0.29) is 17.1 Å². The molecule has 3 rings (SSSR count). The minimum Gasteiger partial charge on any atom is -0.422 e. The third kappa shape index (κ3) is 2.84. The quantitative estimate of drug-likeness (QED) is 0.449. The molecule has 1 amide bonds. The van der Waals surface area contributed by atoms with Crippen LogP contribution in [-0.2, 0) is 0 Å². The van der Waals surface area contributed by atoms with Gasteiger partial charge in [-0.05, 0) is 24.6 Å². The summed E-state index contributed by atoms with van der Waals surface area (Å²) in [5, 5.41) is 13.8. The molecule has 1 N–H and O–H groups in total. The number of hydrogen-bond donors (Lipinski definition) is 1. The van der Waals surface area contributed by atoms with E-state index in [2.05, 4.69) is 10.3 Å². The van der Waals surface area contributed by atoms with Crippen LogP contribution >= 0.6 is 0 Å². The van der Waals surface area contributed by atoms with Gasteiger partial charge in [-0.25, -0.2) is 9.78 Å². The van der Waals surface area contributed by atoms with E-state index in [0.29, 0.717) is 16.5 Å². The number of aryl methyl sites for hydroxylation is 1. The second kappa shape index (κ2) is 5.92. The second-order valence-corrected chi connectivity index (χ2v) is 5.06. The number of nitro groups is 1. The maximum Gasteiger partial charge on any atom is 0.349 e. The maximum absolute atomic E-state index is 12.3. The highest BCUT2D eigenvalue weighted by Gasteiger charge is 2.16. The Hall–Kier alpha value is -3.55. The highest BCUT2D eigenvalue weighted by molar-refractivity contribution is 6.05. The standard InChI is InChI=1S/C16H11N3O5/c1-9-6-11(19(22)23)8-17-14(9)18-15(20)12-7-10-4-2-3-5-13(10)24-16(12)21/h2-8H,1H3,(H,17,18,20). The van der Waals surface area contributed by atoms with E-state index in [4.69, 9.17) is 4.42 Å². The van der Waals surface area contributed by atoms with Gasteiger partial charge in [-0.2, -0.15) is 0 Å². The van der Waals surface area contributed by atoms with Crippen molar-refractivity contribution in [2.24, 2.45) is 0 Å². The molecule has 2 aromatic heterocycles. The van der Waals surface area contributed by atoms with Crippen molar-refractivity contribution in [1.82, 2.24) is 4.98 Å². The molecule has 0 saturated heterocycles. The third-order valence-electron chi connectivity index (χ3n) is 3.39. The van der Waals surface area contributed by atoms with Gasteiger partial charge in [0, 0.05) is 11.5 Å². The summed E-state index contributed by atoms with van der Waals surface area (Å²) in [5.41, 5.74) is -0.346. The molecule has 2 heterocycles. The summed E-state index contributed by atoms with van der Waals surface area (Å²) >= 11 is 0. The van der Waals surface area contributed by atoms with Gasteiger partial charge < -0.3 is 9.73 Å². The lowest BCUT2D eigenvalue weighted by Crippen LogP contribution is -2.21. The lowest BCUT2D eigenvalue weighted by molar-refractivity contribution is -0.385. The molecule has 0 radical (unpaired) electrons. The molecule has 0 aliphatic carbocycles. The van der Waals surface area contributed by atoms with Crippen LogP contribution in [0.2, 0.25) is 0 Å². The Morgan fingerprint density at radius 3 is 2.75 bits per heavy atom. The number of aromatic nitrogens is 1. The second-order valence-electron chi connectivity index (χ2n) is 5.06. The van der Waals surface area contributed by atoms with E-state index >= 15 is 0 Å². The number of carbonyl (C=O) groups excluding carboxylic acids is 1. The fourth-order valence-corrected chi connectivity index (χ4v) is 2.19. The van der Waals surface area contributed by atoms with Crippen molar-refractivity contribution >= 4 is 28.4 Å². The molecule has 1 aromatic carbocycles. The van der Waals surface area contributed by atoms with Crippen LogP contribution in [0.5, 0.6) is 0 Å². The molecule has 0 fully saturated rings. The smallest absolute Gasteiger partial charge is 0.349 e. The summed E-state index contributed by atoms with van der Waals surface area (Å²) in [4.78, 5) is 38.2. The van der Waals surface area contributed by atoms with Gasteiger partial charge in [-0.15, -0.1) is 0 Å². The molecule has 0 unspecified atom stereocenters. The van der Waals surface area contributed by atoms with Crippen molar-refractivity contribution in [3.8, 4) is 0 Å². The molecular weight excluding hydrogens is 314 g/mol. The zero-order chi connectivity index (χ0) is 17.3. The molecule has 0 atom stereocenters. The van der Waals surface area contributed by atoms with Crippen LogP contribution in [0.15, 0.2) is 51.8 Å². The van der Waals surface area contributed by atoms with Crippen molar-refractivity contribution in [2.75, 3.05) is 5.32 Å². The maximum atomic E-state index is 12.3. The van der Waals surface area contributed by atoms with Crippen LogP contribution in [0.3, 0.4) is 0 Å². The minimum atomic E-state index is -0.772. The van der Waals surface area contributed by atoms with Crippen LogP contribution in [0.4, 0.5) is 11.5 Å². The minimum absolute atomic E-state index is 0.137. The lowest BCUT2D eigenvalue weighted by Gasteiger charge is -2.07. The fraction of sp³-hybridized carbons (Fsp3) is 0.0625. The summed E-state index contributed by atoms with van der Waals surface area (Å²) in [7, 11) is 0. The average Bonchev–Trinajstić information content (AvgIpc) is 2.55. The third-order valence-corrected chi connectivity index (χ3v) is 3.39. The zero-order valence-electron chi connectivity index (χ0n) is 12.5. The number of anilines is 1. The van der Waals surface area contributed by atoms with Crippen molar-refractivity contribution in [2.45, 2.75) is 6.92 Å². The number of para-hydroxylation sites is 1. The molecular formula is C16H11N3O5. The molecule has 0 aliphatic rings. The molecule has 24 heavy (non-hydrogen) atoms. The Balaban J connectivity index is 1.94. The fourth-order valence-electron chi connectivity index (χ4n) is 2.19. The molecule has 120 valence electrons. The zero-order valence-corrected chi connectivity index (χ0v) is 12.5. The van der Waals surface area contributed by atoms with E-state index in [1.165, 1.54) is 12.1 Å². The summed E-state index contributed by atoms with van der Waals surface area (Å²) < 4.78 is 5.11. The van der Waals surface area contributed by atoms with Crippen molar-refractivity contribution < 1.29 is 14.1 Å². The molecule has 0 aliphatic heterocycles. The molecule has 0 bridgehead atoms. The summed E-state index contributed by atoms with van der Waals surface area (Å²) in [6.45, 7) is 1.57. The molecule has 8 heteroatoms. The number of rotatable bonds is 3. The number of fused-ring (bicyclic) bond motifs is 1. The number of pyridine rings is 1. The molecule has 3 aromatic rings. The number of hydrogen-bond acceptors (Lipinski definition) is 6. The number of amides is 1. The summed E-state index contributed by atoms with van der Waals surface area (Å²) in [5.74, 6) is -0.558. The topological polar surface area (TPSA) is 115 Å². The predicted octanol–water partition coefficient (Wildman–Crippen LogP) is 2.66. The van der Waals surface area contributed by atoms with Gasteiger partial charge in [0.2, 0.25) is 0 Å². The Morgan fingerprint density at radius 1 is 1.29 bits per heavy atom. The first-order chi connectivity index (χ1) is 11.5. The molecule has 0 spiro atoms. The Morgan fingerprint density at radius 2 is 2.04 bits per heavy atom. The Kier molecular flexibility index (Phi) is 3.78. The largest absolute Gasteiger partial charge is 0.422 e. The van der Waals surface area contributed by atoms with Gasteiger partial charge in [-0.3, -0.25) is 14.9 Å². The number of nitrogens with one attached hydrogen (secondary N) is 1. The number of carbonyl (C=O) groups is 1. The van der Waals surface area contributed by atoms with Gasteiger partial charge in [-0.1, -0.05) is 18.2 Å². The van der Waals surface area contributed by atoms with E-state index < -0.39 is 16.5 Å².